The molecule has 3 rings (SSSR count). The molecule has 0 aromatic carbocycles. The molecule has 3 aliphatic rings. The van der Waals surface area contributed by atoms with Gasteiger partial charge < -0.3 is 44.8 Å². The molecule has 25 heavy (non-hydrogen) atoms. The van der Waals surface area contributed by atoms with Gasteiger partial charge in [-0.1, -0.05) is 0 Å². The number of ether oxygens (including phenoxy) is 3. The lowest BCUT2D eigenvalue weighted by atomic mass is 9.81. The Morgan fingerprint density at radius 2 is 1.88 bits per heavy atom. The maximum Gasteiger partial charge on any atom is 0.207 e. The van der Waals surface area contributed by atoms with Crippen LogP contribution in [0.1, 0.15) is 19.8 Å². The van der Waals surface area contributed by atoms with Crippen LogP contribution in [0.2, 0.25) is 0 Å². The fraction of sp³-hybridized carbons (Fsp3) is 0.875. The smallest absolute Gasteiger partial charge is 0.207 e. The van der Waals surface area contributed by atoms with Crippen molar-refractivity contribution in [3.05, 3.63) is 11.8 Å². The van der Waals surface area contributed by atoms with E-state index >= 15 is 0 Å². The van der Waals surface area contributed by atoms with Gasteiger partial charge in [-0.2, -0.15) is 0 Å². The van der Waals surface area contributed by atoms with Crippen LogP contribution < -0.4 is 0 Å². The third kappa shape index (κ3) is 3.19. The summed E-state index contributed by atoms with van der Waals surface area (Å²) in [5.41, 5.74) is -0.470. The van der Waals surface area contributed by atoms with E-state index in [9.17, 15) is 30.6 Å². The van der Waals surface area contributed by atoms with Gasteiger partial charge >= 0.3 is 0 Å². The number of fused-ring (bicyclic) bond motifs is 1. The minimum Gasteiger partial charge on any atom is -0.472 e. The van der Waals surface area contributed by atoms with Gasteiger partial charge in [0.05, 0.1) is 31.0 Å². The molecule has 2 heterocycles. The van der Waals surface area contributed by atoms with E-state index in [1.54, 1.807) is 0 Å². The normalized spacial score (nSPS) is 50.1. The van der Waals surface area contributed by atoms with Crippen molar-refractivity contribution in [2.24, 2.45) is 11.8 Å². The maximum absolute atomic E-state index is 10.7. The van der Waals surface area contributed by atoms with Crippen molar-refractivity contribution in [3.8, 4) is 0 Å². The largest absolute Gasteiger partial charge is 0.472 e. The first-order valence-corrected chi connectivity index (χ1v) is 8.43. The Morgan fingerprint density at radius 3 is 2.52 bits per heavy atom. The minimum absolute atomic E-state index is 0.0548. The minimum atomic E-state index is -1.56. The van der Waals surface area contributed by atoms with Gasteiger partial charge in [-0.15, -0.1) is 0 Å². The summed E-state index contributed by atoms with van der Waals surface area (Å²) >= 11 is 0. The van der Waals surface area contributed by atoms with Crippen LogP contribution in [-0.2, 0) is 14.2 Å². The average molecular weight is 362 g/mol. The quantitative estimate of drug-likeness (QED) is 0.328. The number of hydrogen-bond acceptors (Lipinski definition) is 9. The molecule has 0 bridgehead atoms. The Balaban J connectivity index is 1.79. The lowest BCUT2D eigenvalue weighted by Crippen LogP contribution is -2.61. The van der Waals surface area contributed by atoms with Gasteiger partial charge in [-0.05, 0) is 31.3 Å². The summed E-state index contributed by atoms with van der Waals surface area (Å²) in [6, 6.07) is 0. The van der Waals surface area contributed by atoms with E-state index in [0.717, 1.165) is 5.57 Å². The highest BCUT2D eigenvalue weighted by Crippen LogP contribution is 2.49. The highest BCUT2D eigenvalue weighted by molar-refractivity contribution is 5.14. The molecule has 1 aliphatic carbocycles. The van der Waals surface area contributed by atoms with E-state index < -0.39 is 61.7 Å². The molecule has 9 nitrogen and oxygen atoms in total. The Bertz CT molecular complexity index is 510. The second-order valence-electron chi connectivity index (χ2n) is 7.13. The molecular weight excluding hydrogens is 336 g/mol. The standard InChI is InChI=1S/C16H26O9/c1-7-5-23-14(10-8(7)2-3-16(10,22)6-18)25-15-13(21)12(20)11(19)9(4-17)24-15/h5,8-15,17-22H,2-4,6H2,1H3/t8-,9+,10-,11-,12-,13+,14+,15-,16+/m1/s1. The van der Waals surface area contributed by atoms with Crippen LogP contribution in [0.4, 0.5) is 0 Å². The average Bonchev–Trinajstić information content (AvgIpc) is 2.97. The molecule has 0 aromatic rings. The SMILES string of the molecule is CC1=CO[C@@H](O[C@H]2O[C@@H](CO)[C@@H](O)[C@@H](O)[C@@H]2O)[C@H]2[C@@H]1CC[C@]2(O)CO. The van der Waals surface area contributed by atoms with Gasteiger partial charge in [0.2, 0.25) is 6.29 Å². The molecule has 2 fully saturated rings. The van der Waals surface area contributed by atoms with Crippen molar-refractivity contribution in [1.29, 1.82) is 0 Å². The van der Waals surface area contributed by atoms with Crippen LogP contribution in [-0.4, -0.2) is 86.4 Å². The Kier molecular flexibility index (Phi) is 5.38. The van der Waals surface area contributed by atoms with Gasteiger partial charge in [0.15, 0.2) is 6.29 Å². The fourth-order valence-electron chi connectivity index (χ4n) is 4.04. The summed E-state index contributed by atoms with van der Waals surface area (Å²) in [6.07, 6.45) is -5.54. The monoisotopic (exact) mass is 362 g/mol. The van der Waals surface area contributed by atoms with E-state index in [4.69, 9.17) is 14.2 Å². The van der Waals surface area contributed by atoms with Gasteiger partial charge in [0.25, 0.3) is 0 Å². The Hall–Kier alpha value is -0.780. The molecule has 144 valence electrons. The fourth-order valence-corrected chi connectivity index (χ4v) is 4.04. The number of aliphatic hydroxyl groups is 6. The molecule has 0 unspecified atom stereocenters. The maximum atomic E-state index is 10.7. The van der Waals surface area contributed by atoms with Crippen molar-refractivity contribution >= 4 is 0 Å². The zero-order valence-electron chi connectivity index (χ0n) is 13.9. The summed E-state index contributed by atoms with van der Waals surface area (Å²) < 4.78 is 16.5. The highest BCUT2D eigenvalue weighted by atomic mass is 16.8. The molecule has 1 saturated carbocycles. The molecule has 0 amide bonds. The number of allylic oxidation sites excluding steroid dienone is 1. The van der Waals surface area contributed by atoms with Gasteiger partial charge in [0.1, 0.15) is 24.4 Å². The van der Waals surface area contributed by atoms with Gasteiger partial charge in [-0.3, -0.25) is 0 Å². The molecule has 1 saturated heterocycles. The molecule has 2 aliphatic heterocycles. The number of rotatable bonds is 4. The van der Waals surface area contributed by atoms with E-state index in [1.807, 2.05) is 6.92 Å². The van der Waals surface area contributed by atoms with Crippen molar-refractivity contribution in [1.82, 2.24) is 0 Å². The first-order valence-electron chi connectivity index (χ1n) is 8.43. The second-order valence-corrected chi connectivity index (χ2v) is 7.13. The predicted molar refractivity (Wildman–Crippen MR) is 81.7 cm³/mol. The number of hydrogen-bond donors (Lipinski definition) is 6. The van der Waals surface area contributed by atoms with Crippen LogP contribution in [0.15, 0.2) is 11.8 Å². The molecule has 0 spiro atoms. The molecule has 9 heteroatoms. The van der Waals surface area contributed by atoms with Gasteiger partial charge in [0, 0.05) is 0 Å². The zero-order chi connectivity index (χ0) is 18.4. The molecule has 6 N–H and O–H groups in total. The van der Waals surface area contributed by atoms with Crippen LogP contribution in [0.3, 0.4) is 0 Å². The lowest BCUT2D eigenvalue weighted by molar-refractivity contribution is -0.347. The predicted octanol–water partition coefficient (Wildman–Crippen LogP) is -2.19. The van der Waals surface area contributed by atoms with Crippen LogP contribution in [0.25, 0.3) is 0 Å². The van der Waals surface area contributed by atoms with Crippen molar-refractivity contribution in [3.63, 3.8) is 0 Å². The molecule has 0 aromatic heterocycles. The van der Waals surface area contributed by atoms with E-state index in [-0.39, 0.29) is 5.92 Å². The molecule has 0 radical (unpaired) electrons. The van der Waals surface area contributed by atoms with Crippen molar-refractivity contribution in [2.45, 2.75) is 62.4 Å². The molecular formula is C16H26O9. The number of aliphatic hydroxyl groups excluding tert-OH is 5. The summed E-state index contributed by atoms with van der Waals surface area (Å²) in [6.45, 7) is 0.839. The summed E-state index contributed by atoms with van der Waals surface area (Å²) in [5.74, 6) is -0.629. The topological polar surface area (TPSA) is 149 Å². The van der Waals surface area contributed by atoms with Crippen LogP contribution in [0, 0.1) is 11.8 Å². The summed E-state index contributed by atoms with van der Waals surface area (Å²) in [5, 5.41) is 59.4. The third-order valence-electron chi connectivity index (χ3n) is 5.60. The van der Waals surface area contributed by atoms with Crippen molar-refractivity contribution in [2.75, 3.05) is 13.2 Å². The van der Waals surface area contributed by atoms with E-state index in [2.05, 4.69) is 0 Å². The Morgan fingerprint density at radius 1 is 1.16 bits per heavy atom. The zero-order valence-corrected chi connectivity index (χ0v) is 13.9. The second kappa shape index (κ2) is 7.09. The van der Waals surface area contributed by atoms with Crippen LogP contribution >= 0.6 is 0 Å². The Labute approximate surface area is 145 Å². The molecule has 9 atom stereocenters. The summed E-state index contributed by atoms with van der Waals surface area (Å²) in [7, 11) is 0. The lowest BCUT2D eigenvalue weighted by Gasteiger charge is -2.44. The first kappa shape index (κ1) is 19.0. The first-order chi connectivity index (χ1) is 11.8. The van der Waals surface area contributed by atoms with E-state index in [0.29, 0.717) is 12.8 Å². The highest BCUT2D eigenvalue weighted by Gasteiger charge is 2.56. The summed E-state index contributed by atoms with van der Waals surface area (Å²) in [4.78, 5) is 0. The third-order valence-corrected chi connectivity index (χ3v) is 5.60. The van der Waals surface area contributed by atoms with Gasteiger partial charge in [-0.25, -0.2) is 0 Å². The van der Waals surface area contributed by atoms with E-state index in [1.165, 1.54) is 6.26 Å². The van der Waals surface area contributed by atoms with Crippen molar-refractivity contribution < 1.29 is 44.8 Å². The van der Waals surface area contributed by atoms with Crippen LogP contribution in [0.5, 0.6) is 0 Å².